The molecular weight excluding hydrogens is 232 g/mol. The number of nitrogens with one attached hydrogen (secondary N) is 1. The normalized spacial score (nSPS) is 34.6. The summed E-state index contributed by atoms with van der Waals surface area (Å²) in [6, 6.07) is 0.892. The van der Waals surface area contributed by atoms with Gasteiger partial charge < -0.3 is 10.2 Å². The van der Waals surface area contributed by atoms with E-state index in [1.54, 1.807) is 0 Å². The lowest BCUT2D eigenvalue weighted by Crippen LogP contribution is -2.46. The van der Waals surface area contributed by atoms with E-state index in [1.807, 2.05) is 0 Å². The van der Waals surface area contributed by atoms with Crippen molar-refractivity contribution < 1.29 is 0 Å². The van der Waals surface area contributed by atoms with Gasteiger partial charge in [-0.3, -0.25) is 0 Å². The second-order valence-electron chi connectivity index (χ2n) is 7.25. The van der Waals surface area contributed by atoms with Crippen molar-refractivity contribution in [3.05, 3.63) is 0 Å². The van der Waals surface area contributed by atoms with Crippen LogP contribution in [0.5, 0.6) is 0 Å². The molecule has 2 fully saturated rings. The minimum Gasteiger partial charge on any atom is -0.316 e. The van der Waals surface area contributed by atoms with Crippen molar-refractivity contribution in [2.45, 2.75) is 65.3 Å². The van der Waals surface area contributed by atoms with E-state index in [0.717, 1.165) is 23.8 Å². The first-order chi connectivity index (χ1) is 9.19. The zero-order valence-corrected chi connectivity index (χ0v) is 13.3. The number of hydrogen-bond acceptors (Lipinski definition) is 2. The average molecular weight is 266 g/mol. The zero-order valence-electron chi connectivity index (χ0n) is 13.3. The highest BCUT2D eigenvalue weighted by atomic mass is 15.2. The van der Waals surface area contributed by atoms with E-state index in [-0.39, 0.29) is 0 Å². The lowest BCUT2D eigenvalue weighted by molar-refractivity contribution is 0.0755. The van der Waals surface area contributed by atoms with Crippen molar-refractivity contribution in [1.82, 2.24) is 10.2 Å². The van der Waals surface area contributed by atoms with Crippen molar-refractivity contribution >= 4 is 0 Å². The van der Waals surface area contributed by atoms with Crippen molar-refractivity contribution in [2.24, 2.45) is 17.8 Å². The van der Waals surface area contributed by atoms with Gasteiger partial charge in [0.15, 0.2) is 0 Å². The minimum absolute atomic E-state index is 0.892. The summed E-state index contributed by atoms with van der Waals surface area (Å²) in [5, 5.41) is 3.59. The SMILES string of the molecule is CCCNCC1CCN(C2CC(C)CC(C)C2)CC1. The Bertz CT molecular complexity index is 236. The van der Waals surface area contributed by atoms with Crippen LogP contribution in [0.25, 0.3) is 0 Å². The van der Waals surface area contributed by atoms with Crippen LogP contribution in [0, 0.1) is 17.8 Å². The first-order valence-electron chi connectivity index (χ1n) is 8.63. The van der Waals surface area contributed by atoms with Gasteiger partial charge in [0.25, 0.3) is 0 Å². The van der Waals surface area contributed by atoms with E-state index in [4.69, 9.17) is 0 Å². The Morgan fingerprint density at radius 1 is 1.00 bits per heavy atom. The molecule has 2 atom stereocenters. The number of hydrogen-bond donors (Lipinski definition) is 1. The summed E-state index contributed by atoms with van der Waals surface area (Å²) in [6.45, 7) is 12.3. The highest BCUT2D eigenvalue weighted by Gasteiger charge is 2.30. The number of rotatable bonds is 5. The highest BCUT2D eigenvalue weighted by molar-refractivity contribution is 4.85. The van der Waals surface area contributed by atoms with Gasteiger partial charge in [-0.05, 0) is 82.5 Å². The van der Waals surface area contributed by atoms with Gasteiger partial charge in [-0.25, -0.2) is 0 Å². The predicted octanol–water partition coefficient (Wildman–Crippen LogP) is 3.52. The molecule has 2 rings (SSSR count). The van der Waals surface area contributed by atoms with E-state index in [9.17, 15) is 0 Å². The van der Waals surface area contributed by atoms with E-state index >= 15 is 0 Å². The van der Waals surface area contributed by atoms with Crippen molar-refractivity contribution in [3.63, 3.8) is 0 Å². The molecule has 0 spiro atoms. The summed E-state index contributed by atoms with van der Waals surface area (Å²) in [6.07, 6.45) is 8.43. The molecule has 2 nitrogen and oxygen atoms in total. The Labute approximate surface area is 120 Å². The fraction of sp³-hybridized carbons (Fsp3) is 1.00. The first-order valence-corrected chi connectivity index (χ1v) is 8.63. The number of piperidine rings is 1. The molecule has 19 heavy (non-hydrogen) atoms. The molecule has 0 bridgehead atoms. The van der Waals surface area contributed by atoms with Crippen LogP contribution < -0.4 is 5.32 Å². The molecular formula is C17H34N2. The summed E-state index contributed by atoms with van der Waals surface area (Å²) in [7, 11) is 0. The van der Waals surface area contributed by atoms with E-state index < -0.39 is 0 Å². The van der Waals surface area contributed by atoms with Crippen molar-refractivity contribution in [1.29, 1.82) is 0 Å². The Balaban J connectivity index is 1.70. The molecule has 0 aromatic rings. The van der Waals surface area contributed by atoms with E-state index in [0.29, 0.717) is 0 Å². The average Bonchev–Trinajstić information content (AvgIpc) is 2.39. The van der Waals surface area contributed by atoms with Crippen LogP contribution in [0.15, 0.2) is 0 Å². The third-order valence-corrected chi connectivity index (χ3v) is 5.18. The molecule has 1 saturated heterocycles. The molecule has 1 aliphatic heterocycles. The topological polar surface area (TPSA) is 15.3 Å². The highest BCUT2D eigenvalue weighted by Crippen LogP contribution is 2.33. The smallest absolute Gasteiger partial charge is 0.0100 e. The largest absolute Gasteiger partial charge is 0.316 e. The van der Waals surface area contributed by atoms with Crippen molar-refractivity contribution in [3.8, 4) is 0 Å². The van der Waals surface area contributed by atoms with Gasteiger partial charge >= 0.3 is 0 Å². The lowest BCUT2D eigenvalue weighted by atomic mass is 9.79. The van der Waals surface area contributed by atoms with Crippen molar-refractivity contribution in [2.75, 3.05) is 26.2 Å². The van der Waals surface area contributed by atoms with Gasteiger partial charge in [-0.2, -0.15) is 0 Å². The zero-order chi connectivity index (χ0) is 13.7. The molecule has 0 amide bonds. The van der Waals surface area contributed by atoms with Crippen LogP contribution in [0.4, 0.5) is 0 Å². The van der Waals surface area contributed by atoms with E-state index in [1.165, 1.54) is 64.7 Å². The number of likely N-dealkylation sites (tertiary alicyclic amines) is 1. The summed E-state index contributed by atoms with van der Waals surface area (Å²) >= 11 is 0. The fourth-order valence-electron chi connectivity index (χ4n) is 4.21. The van der Waals surface area contributed by atoms with Gasteiger partial charge in [0, 0.05) is 6.04 Å². The first kappa shape index (κ1) is 15.3. The molecule has 2 heteroatoms. The maximum Gasteiger partial charge on any atom is 0.0100 e. The quantitative estimate of drug-likeness (QED) is 0.766. The molecule has 0 radical (unpaired) electrons. The standard InChI is InChI=1S/C17H34N2/c1-4-7-18-13-16-5-8-19(9-6-16)17-11-14(2)10-15(3)12-17/h14-18H,4-13H2,1-3H3. The monoisotopic (exact) mass is 266 g/mol. The molecule has 0 aromatic carbocycles. The molecule has 0 aromatic heterocycles. The Morgan fingerprint density at radius 2 is 1.63 bits per heavy atom. The summed E-state index contributed by atoms with van der Waals surface area (Å²) in [5.74, 6) is 2.82. The van der Waals surface area contributed by atoms with Crippen LogP contribution in [-0.2, 0) is 0 Å². The maximum absolute atomic E-state index is 3.59. The maximum atomic E-state index is 3.59. The van der Waals surface area contributed by atoms with Crippen LogP contribution in [-0.4, -0.2) is 37.1 Å². The third kappa shape index (κ3) is 4.75. The summed E-state index contributed by atoms with van der Waals surface area (Å²) in [4.78, 5) is 2.81. The Morgan fingerprint density at radius 3 is 2.21 bits per heavy atom. The molecule has 1 heterocycles. The fourth-order valence-corrected chi connectivity index (χ4v) is 4.21. The Kier molecular flexibility index (Phi) is 6.15. The van der Waals surface area contributed by atoms with Gasteiger partial charge in [0.05, 0.1) is 0 Å². The Hall–Kier alpha value is -0.0800. The van der Waals surface area contributed by atoms with Gasteiger partial charge in [0.2, 0.25) is 0 Å². The van der Waals surface area contributed by atoms with Crippen LogP contribution >= 0.6 is 0 Å². The second-order valence-corrected chi connectivity index (χ2v) is 7.25. The van der Waals surface area contributed by atoms with Gasteiger partial charge in [-0.1, -0.05) is 20.8 Å². The van der Waals surface area contributed by atoms with Gasteiger partial charge in [0.1, 0.15) is 0 Å². The minimum atomic E-state index is 0.892. The molecule has 2 unspecified atom stereocenters. The molecule has 1 N–H and O–H groups in total. The van der Waals surface area contributed by atoms with E-state index in [2.05, 4.69) is 31.0 Å². The summed E-state index contributed by atoms with van der Waals surface area (Å²) in [5.41, 5.74) is 0. The van der Waals surface area contributed by atoms with Crippen LogP contribution in [0.3, 0.4) is 0 Å². The second kappa shape index (κ2) is 7.64. The molecule has 1 saturated carbocycles. The van der Waals surface area contributed by atoms with Crippen LogP contribution in [0.2, 0.25) is 0 Å². The number of nitrogens with zero attached hydrogens (tertiary/aromatic N) is 1. The summed E-state index contributed by atoms with van der Waals surface area (Å²) < 4.78 is 0. The van der Waals surface area contributed by atoms with Gasteiger partial charge in [-0.15, -0.1) is 0 Å². The van der Waals surface area contributed by atoms with Crippen LogP contribution in [0.1, 0.15) is 59.3 Å². The lowest BCUT2D eigenvalue weighted by Gasteiger charge is -2.42. The molecule has 112 valence electrons. The predicted molar refractivity (Wildman–Crippen MR) is 83.4 cm³/mol. The molecule has 1 aliphatic carbocycles. The molecule has 2 aliphatic rings. The third-order valence-electron chi connectivity index (χ3n) is 5.18.